The zero-order valence-electron chi connectivity index (χ0n) is 43.6. The Morgan fingerprint density at radius 1 is 0.338 bits per heavy atom. The van der Waals surface area contributed by atoms with Crippen LogP contribution in [-0.4, -0.2) is 0 Å². The van der Waals surface area contributed by atoms with Crippen LogP contribution in [0.1, 0.15) is 59.1 Å². The highest BCUT2D eigenvalue weighted by atomic mass is 15.1. The van der Waals surface area contributed by atoms with Crippen molar-refractivity contribution in [1.29, 1.82) is 0 Å². The largest absolute Gasteiger partial charge is 0.310 e. The van der Waals surface area contributed by atoms with Gasteiger partial charge in [0.05, 0.1) is 5.69 Å². The van der Waals surface area contributed by atoms with Crippen LogP contribution in [0.4, 0.5) is 34.1 Å². The van der Waals surface area contributed by atoms with Gasteiger partial charge in [-0.2, -0.15) is 0 Å². The summed E-state index contributed by atoms with van der Waals surface area (Å²) in [6.07, 6.45) is 10.1. The molecular weight excluding hydrogens is 929 g/mol. The van der Waals surface area contributed by atoms with Crippen LogP contribution in [0.25, 0.3) is 56.3 Å². The van der Waals surface area contributed by atoms with E-state index < -0.39 is 0 Å². The predicted molar refractivity (Wildman–Crippen MR) is 329 cm³/mol. The molecule has 0 bridgehead atoms. The summed E-state index contributed by atoms with van der Waals surface area (Å²) in [6.45, 7) is 8.19. The zero-order valence-corrected chi connectivity index (χ0v) is 43.6. The molecular formula is C75H62N2. The maximum atomic E-state index is 4.14. The van der Waals surface area contributed by atoms with E-state index in [0.29, 0.717) is 0 Å². The van der Waals surface area contributed by atoms with Gasteiger partial charge in [0.2, 0.25) is 0 Å². The van der Waals surface area contributed by atoms with Crippen molar-refractivity contribution in [2.45, 2.75) is 43.9 Å². The highest BCUT2D eigenvalue weighted by Gasteiger charge is 2.43. The lowest BCUT2D eigenvalue weighted by atomic mass is 9.70. The molecule has 77 heavy (non-hydrogen) atoms. The Morgan fingerprint density at radius 3 is 1.44 bits per heavy atom. The van der Waals surface area contributed by atoms with Crippen LogP contribution in [0, 0.1) is 0 Å². The summed E-state index contributed by atoms with van der Waals surface area (Å²) in [5, 5.41) is 2.44. The molecule has 0 N–H and O–H groups in total. The summed E-state index contributed by atoms with van der Waals surface area (Å²) in [5.41, 5.74) is 21.8. The first-order valence-electron chi connectivity index (χ1n) is 27.2. The van der Waals surface area contributed by atoms with E-state index in [1.807, 2.05) is 12.2 Å². The summed E-state index contributed by atoms with van der Waals surface area (Å²) in [4.78, 5) is 4.78. The number of nitrogens with zero attached hydrogens (tertiary/aromatic N) is 2. The van der Waals surface area contributed by atoms with Crippen molar-refractivity contribution < 1.29 is 0 Å². The number of para-hydroxylation sites is 1. The third kappa shape index (κ3) is 9.95. The highest BCUT2D eigenvalue weighted by Crippen LogP contribution is 2.56. The summed E-state index contributed by atoms with van der Waals surface area (Å²) in [7, 11) is 0. The van der Waals surface area contributed by atoms with Crippen LogP contribution < -0.4 is 9.80 Å². The number of hydrogen-bond donors (Lipinski definition) is 0. The van der Waals surface area contributed by atoms with Gasteiger partial charge in [0.25, 0.3) is 0 Å². The minimum absolute atomic E-state index is 0.233. The second-order valence-corrected chi connectivity index (χ2v) is 20.5. The number of anilines is 6. The Balaban J connectivity index is 0.926. The Labute approximate surface area is 455 Å². The van der Waals surface area contributed by atoms with Crippen LogP contribution in [0.3, 0.4) is 0 Å². The highest BCUT2D eigenvalue weighted by molar-refractivity contribution is 5.99. The number of aryl methyl sites for hydroxylation is 2. The summed E-state index contributed by atoms with van der Waals surface area (Å²) in [5.74, 6) is 0. The summed E-state index contributed by atoms with van der Waals surface area (Å²) in [6, 6.07) is 98.3. The third-order valence-electron chi connectivity index (χ3n) is 15.9. The maximum Gasteiger partial charge on any atom is 0.0540 e. The molecule has 0 spiro atoms. The normalized spacial score (nSPS) is 12.2. The van der Waals surface area contributed by atoms with Crippen LogP contribution in [0.5, 0.6) is 0 Å². The van der Waals surface area contributed by atoms with Crippen LogP contribution in [-0.2, 0) is 18.3 Å². The molecule has 2 nitrogen and oxygen atoms in total. The molecule has 0 amide bonds. The van der Waals surface area contributed by atoms with Crippen molar-refractivity contribution in [2.75, 3.05) is 9.80 Å². The van der Waals surface area contributed by atoms with E-state index in [1.165, 1.54) is 66.4 Å². The molecule has 11 aromatic rings. The Bertz CT molecular complexity index is 3770. The number of benzene rings is 11. The molecule has 372 valence electrons. The molecule has 0 saturated carbocycles. The topological polar surface area (TPSA) is 6.48 Å². The van der Waals surface area contributed by atoms with E-state index in [0.717, 1.165) is 83.8 Å². The second-order valence-electron chi connectivity index (χ2n) is 20.5. The fraction of sp³-hybridized carbons (Fsp3) is 0.0933. The fourth-order valence-electron chi connectivity index (χ4n) is 12.0. The Morgan fingerprint density at radius 2 is 0.792 bits per heavy atom. The molecule has 0 atom stereocenters. The molecule has 0 radical (unpaired) electrons. The van der Waals surface area contributed by atoms with Crippen molar-refractivity contribution in [3.8, 4) is 33.4 Å². The molecule has 12 rings (SSSR count). The lowest BCUT2D eigenvalue weighted by molar-refractivity contribution is 0.419. The molecule has 0 aromatic heterocycles. The molecule has 0 heterocycles. The first-order chi connectivity index (χ1) is 38.0. The number of hydrogen-bond acceptors (Lipinski definition) is 2. The molecule has 0 aliphatic heterocycles. The van der Waals surface area contributed by atoms with E-state index in [4.69, 9.17) is 0 Å². The first kappa shape index (κ1) is 48.7. The van der Waals surface area contributed by atoms with Gasteiger partial charge in [0.1, 0.15) is 0 Å². The van der Waals surface area contributed by atoms with E-state index in [9.17, 15) is 0 Å². The zero-order chi connectivity index (χ0) is 52.0. The Kier molecular flexibility index (Phi) is 13.9. The van der Waals surface area contributed by atoms with Crippen molar-refractivity contribution in [3.05, 3.63) is 313 Å². The van der Waals surface area contributed by atoms with Crippen molar-refractivity contribution in [1.82, 2.24) is 0 Å². The monoisotopic (exact) mass is 990 g/mol. The second kappa shape index (κ2) is 21.9. The minimum Gasteiger partial charge on any atom is -0.310 e. The van der Waals surface area contributed by atoms with Gasteiger partial charge in [0, 0.05) is 39.2 Å². The van der Waals surface area contributed by atoms with Gasteiger partial charge in [-0.15, -0.1) is 0 Å². The number of fused-ring (bicyclic) bond motifs is 4. The molecule has 11 aromatic carbocycles. The predicted octanol–water partition coefficient (Wildman–Crippen LogP) is 20.7. The average Bonchev–Trinajstić information content (AvgIpc) is 4.00. The molecule has 1 aliphatic carbocycles. The van der Waals surface area contributed by atoms with Crippen molar-refractivity contribution in [2.24, 2.45) is 0 Å². The van der Waals surface area contributed by atoms with Gasteiger partial charge in [-0.25, -0.2) is 0 Å². The standard InChI is InChI=1S/C75H62N2/c1-3-55-34-43-65(44-35-55)76(67-31-16-24-56(4-2)52-67)68-47-49-71-70-48-42-63(53-72(70)75(73(71)54-68,50-18-25-57-20-8-5-9-21-57)51-19-26-58-22-10-6-11-23-58)61-38-36-59(37-39-61)60-40-45-66(46-41-60)77(64-29-12-7-13-30-64)74-33-17-28-62-27-14-15-32-69(62)74/h3-17,20-24,27-49,52-54H,1-2,18-19,25-26,50-51H2. The first-order valence-corrected chi connectivity index (χ1v) is 27.2. The SMILES string of the molecule is C=Cc1ccc(N(c2cccc(C=C)c2)c2ccc3c(c2)C(CCCc2ccccc2)(CCCc2ccccc2)c2cc(-c4ccc(-c5ccc(N(c6ccccc6)c6cccc7ccccc67)cc5)cc4)ccc2-3)cc1. The van der Waals surface area contributed by atoms with E-state index in [-0.39, 0.29) is 5.41 Å². The molecule has 1 aliphatic rings. The van der Waals surface area contributed by atoms with Gasteiger partial charge in [0.15, 0.2) is 0 Å². The van der Waals surface area contributed by atoms with Gasteiger partial charge in [-0.1, -0.05) is 219 Å². The Hall–Kier alpha value is -9.24. The van der Waals surface area contributed by atoms with E-state index >= 15 is 0 Å². The van der Waals surface area contributed by atoms with Crippen LogP contribution in [0.2, 0.25) is 0 Å². The fourth-order valence-corrected chi connectivity index (χ4v) is 12.0. The third-order valence-corrected chi connectivity index (χ3v) is 15.9. The van der Waals surface area contributed by atoms with E-state index in [2.05, 4.69) is 290 Å². The van der Waals surface area contributed by atoms with Gasteiger partial charge < -0.3 is 9.80 Å². The molecule has 0 saturated heterocycles. The van der Waals surface area contributed by atoms with Crippen LogP contribution in [0.15, 0.2) is 280 Å². The van der Waals surface area contributed by atoms with Gasteiger partial charge >= 0.3 is 0 Å². The average molecular weight is 991 g/mol. The van der Waals surface area contributed by atoms with Crippen molar-refractivity contribution >= 4 is 57.0 Å². The summed E-state index contributed by atoms with van der Waals surface area (Å²) >= 11 is 0. The van der Waals surface area contributed by atoms with Gasteiger partial charge in [-0.3, -0.25) is 0 Å². The van der Waals surface area contributed by atoms with Crippen molar-refractivity contribution in [3.63, 3.8) is 0 Å². The summed E-state index contributed by atoms with van der Waals surface area (Å²) < 4.78 is 0. The van der Waals surface area contributed by atoms with Crippen LogP contribution >= 0.6 is 0 Å². The lowest BCUT2D eigenvalue weighted by Crippen LogP contribution is -2.26. The lowest BCUT2D eigenvalue weighted by Gasteiger charge is -2.34. The molecule has 2 heteroatoms. The minimum atomic E-state index is -0.233. The maximum absolute atomic E-state index is 4.14. The van der Waals surface area contributed by atoms with Gasteiger partial charge in [-0.05, 0) is 183 Å². The van der Waals surface area contributed by atoms with E-state index in [1.54, 1.807) is 0 Å². The smallest absolute Gasteiger partial charge is 0.0540 e. The quantitative estimate of drug-likeness (QED) is 0.0845. The molecule has 0 fully saturated rings. The molecule has 0 unspecified atom stereocenters. The number of rotatable bonds is 18.